The van der Waals surface area contributed by atoms with Crippen molar-refractivity contribution >= 4 is 17.2 Å². The van der Waals surface area contributed by atoms with Crippen LogP contribution in [0.5, 0.6) is 0 Å². The largest absolute Gasteiger partial charge is 0.474 e. The Kier molecular flexibility index (Phi) is 1.91. The van der Waals surface area contributed by atoms with Crippen molar-refractivity contribution in [3.8, 4) is 0 Å². The van der Waals surface area contributed by atoms with Crippen molar-refractivity contribution in [3.05, 3.63) is 48.0 Å². The van der Waals surface area contributed by atoms with Crippen LogP contribution in [0.2, 0.25) is 0 Å². The molecule has 0 amide bonds. The van der Waals surface area contributed by atoms with Gasteiger partial charge in [-0.15, -0.1) is 0 Å². The third-order valence-corrected chi connectivity index (χ3v) is 2.74. The van der Waals surface area contributed by atoms with Gasteiger partial charge in [-0.25, -0.2) is 0 Å². The van der Waals surface area contributed by atoms with Crippen LogP contribution in [0.25, 0.3) is 10.8 Å². The molecule has 1 aliphatic rings. The van der Waals surface area contributed by atoms with E-state index in [0.29, 0.717) is 0 Å². The van der Waals surface area contributed by atoms with Crippen molar-refractivity contribution in [2.75, 3.05) is 6.54 Å². The molecule has 15 heavy (non-hydrogen) atoms. The zero-order chi connectivity index (χ0) is 10.1. The van der Waals surface area contributed by atoms with Gasteiger partial charge in [0.25, 0.3) is 0 Å². The van der Waals surface area contributed by atoms with E-state index in [-0.39, 0.29) is 6.10 Å². The molecule has 0 N–H and O–H groups in total. The van der Waals surface area contributed by atoms with Gasteiger partial charge in [0.05, 0.1) is 6.54 Å². The van der Waals surface area contributed by atoms with Gasteiger partial charge in [0.15, 0.2) is 6.40 Å². The Morgan fingerprint density at radius 3 is 2.80 bits per heavy atom. The van der Waals surface area contributed by atoms with Crippen molar-refractivity contribution in [1.82, 2.24) is 0 Å². The first-order valence-electron chi connectivity index (χ1n) is 5.06. The second-order valence-corrected chi connectivity index (χ2v) is 3.66. The molecule has 0 saturated heterocycles. The van der Waals surface area contributed by atoms with E-state index in [1.54, 1.807) is 6.40 Å². The van der Waals surface area contributed by atoms with Crippen molar-refractivity contribution in [3.63, 3.8) is 0 Å². The standard InChI is InChI=1S/C13H11NO/c1-2-6-11-10(4-1)5-3-7-12(11)13-8-14-9-15-13/h1-7,9,13H,8H2. The molecule has 0 fully saturated rings. The van der Waals surface area contributed by atoms with Crippen molar-refractivity contribution in [1.29, 1.82) is 0 Å². The Bertz CT molecular complexity index is 505. The van der Waals surface area contributed by atoms with E-state index in [4.69, 9.17) is 4.74 Å². The van der Waals surface area contributed by atoms with E-state index in [1.165, 1.54) is 16.3 Å². The lowest BCUT2D eigenvalue weighted by atomic mass is 10.0. The van der Waals surface area contributed by atoms with Gasteiger partial charge in [0.2, 0.25) is 0 Å². The summed E-state index contributed by atoms with van der Waals surface area (Å²) in [6.45, 7) is 0.730. The van der Waals surface area contributed by atoms with Crippen LogP contribution >= 0.6 is 0 Å². The van der Waals surface area contributed by atoms with Crippen LogP contribution in [0.3, 0.4) is 0 Å². The third kappa shape index (κ3) is 1.38. The first-order valence-corrected chi connectivity index (χ1v) is 5.06. The lowest BCUT2D eigenvalue weighted by Gasteiger charge is -2.11. The number of hydrogen-bond donors (Lipinski definition) is 0. The maximum Gasteiger partial charge on any atom is 0.170 e. The van der Waals surface area contributed by atoms with Crippen LogP contribution in [0.4, 0.5) is 0 Å². The SMILES string of the molecule is C1=NCC(c2cccc3ccccc23)O1. The van der Waals surface area contributed by atoms with Crippen LogP contribution < -0.4 is 0 Å². The topological polar surface area (TPSA) is 21.6 Å². The molecule has 0 aliphatic carbocycles. The van der Waals surface area contributed by atoms with Gasteiger partial charge in [-0.05, 0) is 10.8 Å². The molecule has 1 aliphatic heterocycles. The fourth-order valence-corrected chi connectivity index (χ4v) is 2.00. The summed E-state index contributed by atoms with van der Waals surface area (Å²) in [7, 11) is 0. The fraction of sp³-hybridized carbons (Fsp3) is 0.154. The lowest BCUT2D eigenvalue weighted by Crippen LogP contribution is -2.00. The molecule has 0 bridgehead atoms. The number of benzene rings is 2. The highest BCUT2D eigenvalue weighted by molar-refractivity contribution is 5.86. The predicted octanol–water partition coefficient (Wildman–Crippen LogP) is 2.94. The van der Waals surface area contributed by atoms with Gasteiger partial charge in [0, 0.05) is 5.56 Å². The zero-order valence-corrected chi connectivity index (χ0v) is 8.26. The number of fused-ring (bicyclic) bond motifs is 1. The minimum atomic E-state index is 0.0936. The van der Waals surface area contributed by atoms with Gasteiger partial charge >= 0.3 is 0 Å². The van der Waals surface area contributed by atoms with Crippen molar-refractivity contribution in [2.45, 2.75) is 6.10 Å². The maximum atomic E-state index is 5.46. The molecule has 2 aromatic carbocycles. The van der Waals surface area contributed by atoms with E-state index in [9.17, 15) is 0 Å². The Hall–Kier alpha value is -1.83. The Morgan fingerprint density at radius 2 is 1.93 bits per heavy atom. The molecule has 1 atom stereocenters. The molecule has 2 aromatic rings. The van der Waals surface area contributed by atoms with Crippen LogP contribution in [-0.4, -0.2) is 12.9 Å². The summed E-state index contributed by atoms with van der Waals surface area (Å²) in [5, 5.41) is 2.51. The zero-order valence-electron chi connectivity index (χ0n) is 8.26. The highest BCUT2D eigenvalue weighted by atomic mass is 16.5. The van der Waals surface area contributed by atoms with Crippen LogP contribution in [0.15, 0.2) is 47.5 Å². The van der Waals surface area contributed by atoms with Gasteiger partial charge < -0.3 is 4.74 Å². The van der Waals surface area contributed by atoms with Gasteiger partial charge in [-0.1, -0.05) is 42.5 Å². The number of ether oxygens (including phenoxy) is 1. The van der Waals surface area contributed by atoms with E-state index in [0.717, 1.165) is 6.54 Å². The molecular formula is C13H11NO. The molecule has 2 heteroatoms. The summed E-state index contributed by atoms with van der Waals surface area (Å²) >= 11 is 0. The molecular weight excluding hydrogens is 186 g/mol. The highest BCUT2D eigenvalue weighted by Crippen LogP contribution is 2.28. The number of aliphatic imine (C=N–C) groups is 1. The summed E-state index contributed by atoms with van der Waals surface area (Å²) < 4.78 is 5.46. The molecule has 1 heterocycles. The molecule has 0 spiro atoms. The first kappa shape index (κ1) is 8.48. The van der Waals surface area contributed by atoms with Crippen molar-refractivity contribution < 1.29 is 4.74 Å². The van der Waals surface area contributed by atoms with Gasteiger partial charge in [0.1, 0.15) is 6.10 Å². The summed E-state index contributed by atoms with van der Waals surface area (Å²) in [5.41, 5.74) is 1.23. The third-order valence-electron chi connectivity index (χ3n) is 2.74. The second kappa shape index (κ2) is 3.39. The molecule has 0 aromatic heterocycles. The summed E-state index contributed by atoms with van der Waals surface area (Å²) in [6, 6.07) is 14.7. The van der Waals surface area contributed by atoms with Gasteiger partial charge in [-0.3, -0.25) is 4.99 Å². The molecule has 0 saturated carbocycles. The monoisotopic (exact) mass is 197 g/mol. The Morgan fingerprint density at radius 1 is 1.07 bits per heavy atom. The Labute approximate surface area is 88.2 Å². The van der Waals surface area contributed by atoms with E-state index >= 15 is 0 Å². The van der Waals surface area contributed by atoms with Crippen LogP contribution in [-0.2, 0) is 4.74 Å². The normalized spacial score (nSPS) is 19.3. The predicted molar refractivity (Wildman–Crippen MR) is 61.1 cm³/mol. The van der Waals surface area contributed by atoms with E-state index < -0.39 is 0 Å². The van der Waals surface area contributed by atoms with Crippen LogP contribution in [0.1, 0.15) is 11.7 Å². The maximum absolute atomic E-state index is 5.46. The van der Waals surface area contributed by atoms with E-state index in [1.807, 2.05) is 0 Å². The molecule has 2 nitrogen and oxygen atoms in total. The Balaban J connectivity index is 2.17. The number of nitrogens with zero attached hydrogens (tertiary/aromatic N) is 1. The average molecular weight is 197 g/mol. The highest BCUT2D eigenvalue weighted by Gasteiger charge is 2.16. The van der Waals surface area contributed by atoms with Crippen LogP contribution in [0, 0.1) is 0 Å². The molecule has 0 radical (unpaired) electrons. The molecule has 3 rings (SSSR count). The first-order chi connectivity index (χ1) is 7.45. The van der Waals surface area contributed by atoms with Gasteiger partial charge in [-0.2, -0.15) is 0 Å². The second-order valence-electron chi connectivity index (χ2n) is 3.66. The van der Waals surface area contributed by atoms with Crippen molar-refractivity contribution in [2.24, 2.45) is 4.99 Å². The fourth-order valence-electron chi connectivity index (χ4n) is 2.00. The average Bonchev–Trinajstić information content (AvgIpc) is 2.82. The number of rotatable bonds is 1. The summed E-state index contributed by atoms with van der Waals surface area (Å²) in [5.74, 6) is 0. The molecule has 1 unspecified atom stereocenters. The minimum absolute atomic E-state index is 0.0936. The lowest BCUT2D eigenvalue weighted by molar-refractivity contribution is 0.242. The summed E-state index contributed by atoms with van der Waals surface area (Å²) in [6.07, 6.45) is 1.64. The minimum Gasteiger partial charge on any atom is -0.474 e. The molecule has 74 valence electrons. The smallest absolute Gasteiger partial charge is 0.170 e. The number of hydrogen-bond acceptors (Lipinski definition) is 2. The van der Waals surface area contributed by atoms with E-state index in [2.05, 4.69) is 47.5 Å². The quantitative estimate of drug-likeness (QED) is 0.688. The summed E-state index contributed by atoms with van der Waals surface area (Å²) in [4.78, 5) is 4.10.